The molecule has 4 nitrogen and oxygen atoms in total. The molecule has 0 saturated heterocycles. The summed E-state index contributed by atoms with van der Waals surface area (Å²) in [5.74, 6) is -0.372. The average molecular weight is 269 g/mol. The Labute approximate surface area is 112 Å². The van der Waals surface area contributed by atoms with Crippen molar-refractivity contribution in [2.45, 2.75) is 45.4 Å². The summed E-state index contributed by atoms with van der Waals surface area (Å²) in [4.78, 5) is 11.6. The van der Waals surface area contributed by atoms with Gasteiger partial charge in [0.15, 0.2) is 0 Å². The Bertz CT molecular complexity index is 425. The lowest BCUT2D eigenvalue weighted by Crippen LogP contribution is -2.40. The molecule has 1 aromatic carbocycles. The van der Waals surface area contributed by atoms with Crippen molar-refractivity contribution in [3.05, 3.63) is 35.6 Å². The molecule has 0 fully saturated rings. The molecule has 19 heavy (non-hydrogen) atoms. The second kappa shape index (κ2) is 6.02. The second-order valence-electron chi connectivity index (χ2n) is 5.43. The van der Waals surface area contributed by atoms with Crippen LogP contribution in [-0.4, -0.2) is 22.8 Å². The van der Waals surface area contributed by atoms with E-state index in [1.807, 2.05) is 0 Å². The third-order valence-corrected chi connectivity index (χ3v) is 2.43. The molecule has 1 unspecified atom stereocenters. The van der Waals surface area contributed by atoms with Gasteiger partial charge in [0.2, 0.25) is 0 Å². The summed E-state index contributed by atoms with van der Waals surface area (Å²) in [6, 6.07) is 4.94. The van der Waals surface area contributed by atoms with Crippen molar-refractivity contribution in [1.29, 1.82) is 0 Å². The molecular formula is C14H20FNO3. The van der Waals surface area contributed by atoms with Gasteiger partial charge < -0.3 is 15.2 Å². The number of carbonyl (C=O) groups excluding carboxylic acids is 1. The van der Waals surface area contributed by atoms with Gasteiger partial charge in [-0.05, 0) is 45.4 Å². The van der Waals surface area contributed by atoms with Crippen molar-refractivity contribution in [3.8, 4) is 0 Å². The summed E-state index contributed by atoms with van der Waals surface area (Å²) >= 11 is 0. The Hall–Kier alpha value is -1.62. The van der Waals surface area contributed by atoms with Gasteiger partial charge in [-0.2, -0.15) is 0 Å². The zero-order valence-electron chi connectivity index (χ0n) is 11.6. The van der Waals surface area contributed by atoms with Crippen LogP contribution >= 0.6 is 0 Å². The molecule has 0 saturated carbocycles. The van der Waals surface area contributed by atoms with Gasteiger partial charge in [0.05, 0.1) is 12.1 Å². The van der Waals surface area contributed by atoms with Crippen molar-refractivity contribution in [2.75, 3.05) is 0 Å². The van der Waals surface area contributed by atoms with Crippen LogP contribution in [-0.2, 0) is 4.74 Å². The minimum Gasteiger partial charge on any atom is -0.444 e. The van der Waals surface area contributed by atoms with Gasteiger partial charge >= 0.3 is 6.09 Å². The molecule has 106 valence electrons. The lowest BCUT2D eigenvalue weighted by atomic mass is 10.0. The fourth-order valence-electron chi connectivity index (χ4n) is 1.52. The summed E-state index contributed by atoms with van der Waals surface area (Å²) < 4.78 is 17.9. The van der Waals surface area contributed by atoms with Crippen LogP contribution in [0, 0.1) is 5.82 Å². The standard InChI is InChI=1S/C14H20FNO3/c1-9(16-13(18)19-14(2,3)4)12(17)10-5-7-11(15)8-6-10/h5-9,12,17H,1-4H3,(H,16,18)/t9-,12?/m0/s1. The summed E-state index contributed by atoms with van der Waals surface area (Å²) in [5.41, 5.74) is -0.0603. The Balaban J connectivity index is 2.60. The van der Waals surface area contributed by atoms with Crippen LogP contribution in [0.3, 0.4) is 0 Å². The first-order valence-corrected chi connectivity index (χ1v) is 6.12. The number of carbonyl (C=O) groups is 1. The first kappa shape index (κ1) is 15.4. The van der Waals surface area contributed by atoms with E-state index in [9.17, 15) is 14.3 Å². The van der Waals surface area contributed by atoms with Crippen LogP contribution < -0.4 is 5.32 Å². The van der Waals surface area contributed by atoms with Crippen LogP contribution in [0.15, 0.2) is 24.3 Å². The molecule has 1 amide bonds. The smallest absolute Gasteiger partial charge is 0.407 e. The minimum atomic E-state index is -0.923. The quantitative estimate of drug-likeness (QED) is 0.887. The third-order valence-electron chi connectivity index (χ3n) is 2.43. The summed E-state index contributed by atoms with van der Waals surface area (Å²) in [6.45, 7) is 6.92. The van der Waals surface area contributed by atoms with Crippen molar-refractivity contribution in [2.24, 2.45) is 0 Å². The first-order chi connectivity index (χ1) is 8.69. The van der Waals surface area contributed by atoms with Crippen LogP contribution in [0.2, 0.25) is 0 Å². The predicted molar refractivity (Wildman–Crippen MR) is 70.2 cm³/mol. The van der Waals surface area contributed by atoms with E-state index in [1.54, 1.807) is 27.7 Å². The number of ether oxygens (including phenoxy) is 1. The molecule has 0 aliphatic carbocycles. The number of halogens is 1. The number of aliphatic hydroxyl groups is 1. The lowest BCUT2D eigenvalue weighted by molar-refractivity contribution is 0.0435. The van der Waals surface area contributed by atoms with Gasteiger partial charge in [-0.25, -0.2) is 9.18 Å². The van der Waals surface area contributed by atoms with Crippen LogP contribution in [0.5, 0.6) is 0 Å². The molecule has 1 rings (SSSR count). The Morgan fingerprint density at radius 3 is 2.32 bits per heavy atom. The van der Waals surface area contributed by atoms with Gasteiger partial charge in [0.1, 0.15) is 11.4 Å². The van der Waals surface area contributed by atoms with Crippen molar-refractivity contribution >= 4 is 6.09 Å². The average Bonchev–Trinajstić information content (AvgIpc) is 2.26. The fourth-order valence-corrected chi connectivity index (χ4v) is 1.52. The van der Waals surface area contributed by atoms with E-state index in [-0.39, 0.29) is 5.82 Å². The number of aliphatic hydroxyl groups excluding tert-OH is 1. The zero-order valence-corrected chi connectivity index (χ0v) is 11.6. The van der Waals surface area contributed by atoms with Gasteiger partial charge in [-0.1, -0.05) is 12.1 Å². The highest BCUT2D eigenvalue weighted by molar-refractivity contribution is 5.68. The van der Waals surface area contributed by atoms with E-state index in [4.69, 9.17) is 4.74 Å². The van der Waals surface area contributed by atoms with E-state index in [1.165, 1.54) is 24.3 Å². The van der Waals surface area contributed by atoms with Crippen LogP contribution in [0.4, 0.5) is 9.18 Å². The maximum absolute atomic E-state index is 12.8. The van der Waals surface area contributed by atoms with Crippen molar-refractivity contribution in [1.82, 2.24) is 5.32 Å². The normalized spacial score (nSPS) is 14.6. The monoisotopic (exact) mass is 269 g/mol. The van der Waals surface area contributed by atoms with Crippen molar-refractivity contribution in [3.63, 3.8) is 0 Å². The molecule has 0 aliphatic rings. The van der Waals surface area contributed by atoms with E-state index in [0.29, 0.717) is 5.56 Å². The Morgan fingerprint density at radius 1 is 1.32 bits per heavy atom. The van der Waals surface area contributed by atoms with E-state index >= 15 is 0 Å². The maximum Gasteiger partial charge on any atom is 0.407 e. The molecule has 1 aromatic rings. The Kier molecular flexibility index (Phi) is 4.89. The molecular weight excluding hydrogens is 249 g/mol. The number of rotatable bonds is 3. The number of nitrogens with one attached hydrogen (secondary N) is 1. The van der Waals surface area contributed by atoms with Gasteiger partial charge in [-0.15, -0.1) is 0 Å². The van der Waals surface area contributed by atoms with Crippen LogP contribution in [0.1, 0.15) is 39.4 Å². The lowest BCUT2D eigenvalue weighted by Gasteiger charge is -2.24. The van der Waals surface area contributed by atoms with E-state index in [0.717, 1.165) is 0 Å². The zero-order chi connectivity index (χ0) is 14.6. The second-order valence-corrected chi connectivity index (χ2v) is 5.43. The molecule has 5 heteroatoms. The fraction of sp³-hybridized carbons (Fsp3) is 0.500. The SMILES string of the molecule is C[C@H](NC(=O)OC(C)(C)C)C(O)c1ccc(F)cc1. The summed E-state index contributed by atoms with van der Waals surface area (Å²) in [5, 5.41) is 12.6. The number of amides is 1. The summed E-state index contributed by atoms with van der Waals surface area (Å²) in [7, 11) is 0. The molecule has 0 spiro atoms. The first-order valence-electron chi connectivity index (χ1n) is 6.12. The van der Waals surface area contributed by atoms with Crippen molar-refractivity contribution < 1.29 is 19.0 Å². The Morgan fingerprint density at radius 2 is 1.84 bits per heavy atom. The van der Waals surface area contributed by atoms with E-state index in [2.05, 4.69) is 5.32 Å². The highest BCUT2D eigenvalue weighted by atomic mass is 19.1. The third kappa shape index (κ3) is 5.26. The number of hydrogen-bond acceptors (Lipinski definition) is 3. The van der Waals surface area contributed by atoms with Gasteiger partial charge in [-0.3, -0.25) is 0 Å². The number of alkyl carbamates (subject to hydrolysis) is 1. The molecule has 2 N–H and O–H groups in total. The number of benzene rings is 1. The molecule has 0 aliphatic heterocycles. The molecule has 0 bridgehead atoms. The molecule has 2 atom stereocenters. The topological polar surface area (TPSA) is 58.6 Å². The molecule has 0 heterocycles. The minimum absolute atomic E-state index is 0.372. The largest absolute Gasteiger partial charge is 0.444 e. The molecule has 0 aromatic heterocycles. The van der Waals surface area contributed by atoms with Crippen LogP contribution in [0.25, 0.3) is 0 Å². The highest BCUT2D eigenvalue weighted by Crippen LogP contribution is 2.17. The van der Waals surface area contributed by atoms with E-state index < -0.39 is 23.8 Å². The van der Waals surface area contributed by atoms with Gasteiger partial charge in [0, 0.05) is 0 Å². The maximum atomic E-state index is 12.8. The highest BCUT2D eigenvalue weighted by Gasteiger charge is 2.22. The van der Waals surface area contributed by atoms with Gasteiger partial charge in [0.25, 0.3) is 0 Å². The number of hydrogen-bond donors (Lipinski definition) is 2. The summed E-state index contributed by atoms with van der Waals surface area (Å²) in [6.07, 6.45) is -1.52. The predicted octanol–water partition coefficient (Wildman–Crippen LogP) is 2.77. The molecule has 0 radical (unpaired) electrons.